The zero-order valence-electron chi connectivity index (χ0n) is 19.1. The largest absolute Gasteiger partial charge is 0.497 e. The molecule has 1 aromatic heterocycles. The molecule has 9 nitrogen and oxygen atoms in total. The zero-order valence-corrected chi connectivity index (χ0v) is 19.9. The van der Waals surface area contributed by atoms with Crippen molar-refractivity contribution in [1.29, 1.82) is 0 Å². The molecule has 1 heterocycles. The Kier molecular flexibility index (Phi) is 7.41. The normalized spacial score (nSPS) is 10.7. The van der Waals surface area contributed by atoms with E-state index in [9.17, 15) is 14.9 Å². The predicted octanol–water partition coefficient (Wildman–Crippen LogP) is 5.05. The van der Waals surface area contributed by atoms with Crippen LogP contribution < -0.4 is 9.47 Å². The standard InChI is InChI=1S/C25H22N4O5S/c1-17-8-9-18(14-22(17)29(31)32)23(30)16-35-25-27-26-24(28(25)19-6-4-3-5-7-19)15-34-21-12-10-20(33-2)11-13-21/h3-14H,15-16H2,1-2H3. The third-order valence-corrected chi connectivity index (χ3v) is 6.13. The number of Topliss-reactive ketones (excluding diaryl/α,β-unsaturated/α-hetero) is 1. The number of benzene rings is 3. The van der Waals surface area contributed by atoms with Crippen molar-refractivity contribution in [2.45, 2.75) is 18.7 Å². The molecule has 0 spiro atoms. The van der Waals surface area contributed by atoms with E-state index < -0.39 is 4.92 Å². The van der Waals surface area contributed by atoms with E-state index in [0.29, 0.717) is 22.3 Å². The second-order valence-electron chi connectivity index (χ2n) is 7.50. The maximum atomic E-state index is 12.8. The van der Waals surface area contributed by atoms with Crippen LogP contribution in [0.5, 0.6) is 11.5 Å². The van der Waals surface area contributed by atoms with Gasteiger partial charge in [-0.25, -0.2) is 0 Å². The first kappa shape index (κ1) is 24.0. The van der Waals surface area contributed by atoms with Crippen LogP contribution in [0, 0.1) is 17.0 Å². The van der Waals surface area contributed by atoms with Crippen LogP contribution >= 0.6 is 11.8 Å². The number of aromatic nitrogens is 3. The number of hydrogen-bond acceptors (Lipinski definition) is 8. The fraction of sp³-hybridized carbons (Fsp3) is 0.160. The second-order valence-corrected chi connectivity index (χ2v) is 8.45. The lowest BCUT2D eigenvalue weighted by molar-refractivity contribution is -0.385. The van der Waals surface area contributed by atoms with Crippen LogP contribution in [-0.4, -0.2) is 38.3 Å². The lowest BCUT2D eigenvalue weighted by Crippen LogP contribution is -2.08. The molecular weight excluding hydrogens is 468 g/mol. The van der Waals surface area contributed by atoms with Crippen molar-refractivity contribution in [3.8, 4) is 17.2 Å². The van der Waals surface area contributed by atoms with Gasteiger partial charge in [-0.05, 0) is 43.3 Å². The van der Waals surface area contributed by atoms with E-state index in [4.69, 9.17) is 9.47 Å². The van der Waals surface area contributed by atoms with Crippen molar-refractivity contribution in [3.63, 3.8) is 0 Å². The average Bonchev–Trinajstić information content (AvgIpc) is 3.29. The Balaban J connectivity index is 1.53. The second kappa shape index (κ2) is 10.8. The molecule has 0 unspecified atom stereocenters. The highest BCUT2D eigenvalue weighted by atomic mass is 32.2. The molecule has 0 radical (unpaired) electrons. The number of para-hydroxylation sites is 1. The summed E-state index contributed by atoms with van der Waals surface area (Å²) in [7, 11) is 1.60. The molecule has 3 aromatic carbocycles. The minimum atomic E-state index is -0.486. The minimum absolute atomic E-state index is 0.0461. The van der Waals surface area contributed by atoms with Crippen LogP contribution in [0.1, 0.15) is 21.7 Å². The Bertz CT molecular complexity index is 1340. The summed E-state index contributed by atoms with van der Waals surface area (Å²) in [5.74, 6) is 1.75. The molecular formula is C25H22N4O5S. The number of ether oxygens (including phenoxy) is 2. The van der Waals surface area contributed by atoms with Crippen molar-refractivity contribution >= 4 is 23.2 Å². The molecule has 35 heavy (non-hydrogen) atoms. The summed E-state index contributed by atoms with van der Waals surface area (Å²) in [4.78, 5) is 23.5. The quantitative estimate of drug-likeness (QED) is 0.132. The molecule has 4 rings (SSSR count). The Morgan fingerprint density at radius 1 is 1.03 bits per heavy atom. The average molecular weight is 491 g/mol. The molecule has 0 fully saturated rings. The van der Waals surface area contributed by atoms with Gasteiger partial charge < -0.3 is 9.47 Å². The number of hydrogen-bond donors (Lipinski definition) is 0. The molecule has 0 N–H and O–H groups in total. The third kappa shape index (κ3) is 5.67. The highest BCUT2D eigenvalue weighted by Crippen LogP contribution is 2.26. The number of ketones is 1. The van der Waals surface area contributed by atoms with Crippen molar-refractivity contribution in [1.82, 2.24) is 14.8 Å². The van der Waals surface area contributed by atoms with Gasteiger partial charge in [0.25, 0.3) is 5.69 Å². The molecule has 0 aliphatic heterocycles. The number of rotatable bonds is 10. The number of nitrogens with zero attached hydrogens (tertiary/aromatic N) is 4. The summed E-state index contributed by atoms with van der Waals surface area (Å²) in [6, 6.07) is 21.2. The molecule has 0 atom stereocenters. The van der Waals surface area contributed by atoms with E-state index in [1.807, 2.05) is 34.9 Å². The molecule has 0 saturated heterocycles. The number of nitro groups is 1. The summed E-state index contributed by atoms with van der Waals surface area (Å²) in [5.41, 5.74) is 1.53. The lowest BCUT2D eigenvalue weighted by Gasteiger charge is -2.11. The van der Waals surface area contributed by atoms with Gasteiger partial charge in [0.1, 0.15) is 18.1 Å². The number of carbonyl (C=O) groups excluding carboxylic acids is 1. The topological polar surface area (TPSA) is 109 Å². The summed E-state index contributed by atoms with van der Waals surface area (Å²) in [5, 5.41) is 20.3. The van der Waals surface area contributed by atoms with Crippen molar-refractivity contribution < 1.29 is 19.2 Å². The summed E-state index contributed by atoms with van der Waals surface area (Å²) in [6.45, 7) is 1.80. The first-order valence-corrected chi connectivity index (χ1v) is 11.6. The van der Waals surface area contributed by atoms with Gasteiger partial charge >= 0.3 is 0 Å². The first-order valence-electron chi connectivity index (χ1n) is 10.6. The summed E-state index contributed by atoms with van der Waals surface area (Å²) < 4.78 is 12.9. The first-order chi connectivity index (χ1) is 17.0. The maximum absolute atomic E-state index is 12.8. The third-order valence-electron chi connectivity index (χ3n) is 5.20. The molecule has 0 bridgehead atoms. The molecule has 0 aliphatic carbocycles. The van der Waals surface area contributed by atoms with Gasteiger partial charge in [0.05, 0.1) is 17.8 Å². The van der Waals surface area contributed by atoms with Gasteiger partial charge in [-0.1, -0.05) is 42.1 Å². The number of methoxy groups -OCH3 is 1. The van der Waals surface area contributed by atoms with Crippen molar-refractivity contribution in [3.05, 3.63) is 99.9 Å². The van der Waals surface area contributed by atoms with Gasteiger partial charge in [-0.2, -0.15) is 0 Å². The monoisotopic (exact) mass is 490 g/mol. The van der Waals surface area contributed by atoms with Crippen LogP contribution in [0.25, 0.3) is 5.69 Å². The zero-order chi connectivity index (χ0) is 24.8. The van der Waals surface area contributed by atoms with E-state index in [1.165, 1.54) is 17.8 Å². The summed E-state index contributed by atoms with van der Waals surface area (Å²) in [6.07, 6.45) is 0. The minimum Gasteiger partial charge on any atom is -0.497 e. The van der Waals surface area contributed by atoms with Gasteiger partial charge in [0.15, 0.2) is 16.8 Å². The van der Waals surface area contributed by atoms with Gasteiger partial charge in [-0.15, -0.1) is 10.2 Å². The fourth-order valence-corrected chi connectivity index (χ4v) is 4.20. The Labute approximate surface area is 205 Å². The van der Waals surface area contributed by atoms with E-state index in [-0.39, 0.29) is 29.4 Å². The molecule has 178 valence electrons. The molecule has 0 saturated carbocycles. The smallest absolute Gasteiger partial charge is 0.273 e. The Morgan fingerprint density at radius 2 is 1.74 bits per heavy atom. The molecule has 10 heteroatoms. The fourth-order valence-electron chi connectivity index (χ4n) is 3.34. The Hall–Kier alpha value is -4.18. The number of carbonyl (C=O) groups is 1. The highest BCUT2D eigenvalue weighted by molar-refractivity contribution is 7.99. The van der Waals surface area contributed by atoms with Crippen LogP contribution in [0.2, 0.25) is 0 Å². The van der Waals surface area contributed by atoms with Gasteiger partial charge in [0.2, 0.25) is 0 Å². The number of aryl methyl sites for hydroxylation is 1. The highest BCUT2D eigenvalue weighted by Gasteiger charge is 2.19. The molecule has 0 amide bonds. The SMILES string of the molecule is COc1ccc(OCc2nnc(SCC(=O)c3ccc(C)c([N+](=O)[O-])c3)n2-c2ccccc2)cc1. The van der Waals surface area contributed by atoms with Crippen molar-refractivity contribution in [2.24, 2.45) is 0 Å². The van der Waals surface area contributed by atoms with Gasteiger partial charge in [-0.3, -0.25) is 19.5 Å². The van der Waals surface area contributed by atoms with Gasteiger partial charge in [0, 0.05) is 22.9 Å². The molecule has 4 aromatic rings. The van der Waals surface area contributed by atoms with Crippen LogP contribution in [0.4, 0.5) is 5.69 Å². The number of nitro benzene ring substituents is 1. The lowest BCUT2D eigenvalue weighted by atomic mass is 10.1. The van der Waals surface area contributed by atoms with Crippen molar-refractivity contribution in [2.75, 3.05) is 12.9 Å². The van der Waals surface area contributed by atoms with E-state index in [1.54, 1.807) is 50.4 Å². The van der Waals surface area contributed by atoms with E-state index in [0.717, 1.165) is 11.4 Å². The van der Waals surface area contributed by atoms with Crippen LogP contribution in [-0.2, 0) is 6.61 Å². The maximum Gasteiger partial charge on any atom is 0.273 e. The molecule has 0 aliphatic rings. The van der Waals surface area contributed by atoms with Crippen LogP contribution in [0.3, 0.4) is 0 Å². The Morgan fingerprint density at radius 3 is 2.43 bits per heavy atom. The number of thioether (sulfide) groups is 1. The van der Waals surface area contributed by atoms with E-state index in [2.05, 4.69) is 10.2 Å². The summed E-state index contributed by atoms with van der Waals surface area (Å²) >= 11 is 1.21. The predicted molar refractivity (Wildman–Crippen MR) is 132 cm³/mol. The van der Waals surface area contributed by atoms with Crippen LogP contribution in [0.15, 0.2) is 78.0 Å². The van der Waals surface area contributed by atoms with E-state index >= 15 is 0 Å².